The Bertz CT molecular complexity index is 840. The summed E-state index contributed by atoms with van der Waals surface area (Å²) in [6, 6.07) is 9.46. The largest absolute Gasteiger partial charge is 0.548 e. The number of nitrogens with zero attached hydrogens (tertiary/aromatic N) is 2. The maximum Gasteiger partial charge on any atom is 0.250 e. The summed E-state index contributed by atoms with van der Waals surface area (Å²) in [5.41, 5.74) is 3.45. The third-order valence-electron chi connectivity index (χ3n) is 4.09. The lowest BCUT2D eigenvalue weighted by molar-refractivity contribution is -0.309. The predicted molar refractivity (Wildman–Crippen MR) is 105 cm³/mol. The molecule has 0 bridgehead atoms. The second kappa shape index (κ2) is 8.14. The Hall–Kier alpha value is -2.67. The minimum absolute atomic E-state index is 0.0648. The summed E-state index contributed by atoms with van der Waals surface area (Å²) in [5.74, 6) is -1.79. The molecule has 0 saturated carbocycles. The Morgan fingerprint density at radius 2 is 1.64 bits per heavy atom. The van der Waals surface area contributed by atoms with Crippen LogP contribution in [0.2, 0.25) is 0 Å². The molecule has 1 heterocycles. The van der Waals surface area contributed by atoms with Crippen molar-refractivity contribution in [2.24, 2.45) is 0 Å². The van der Waals surface area contributed by atoms with E-state index in [4.69, 9.17) is 9.84 Å². The second-order valence-corrected chi connectivity index (χ2v) is 8.79. The molecule has 1 aromatic heterocycles. The molecule has 2 aromatic rings. The van der Waals surface area contributed by atoms with E-state index >= 15 is 0 Å². The van der Waals surface area contributed by atoms with Gasteiger partial charge in [0.2, 0.25) is 5.91 Å². The zero-order chi connectivity index (χ0) is 21.1. The Morgan fingerprint density at radius 3 is 2.14 bits per heavy atom. The van der Waals surface area contributed by atoms with E-state index in [1.54, 1.807) is 12.1 Å². The molecular weight excluding hydrogens is 358 g/mol. The minimum atomic E-state index is -1.36. The number of aromatic nitrogens is 2. The monoisotopic (exact) mass is 386 g/mol. The third-order valence-corrected chi connectivity index (χ3v) is 4.09. The van der Waals surface area contributed by atoms with Gasteiger partial charge in [-0.15, -0.1) is 0 Å². The van der Waals surface area contributed by atoms with Gasteiger partial charge in [0.1, 0.15) is 6.61 Å². The molecule has 1 aromatic carbocycles. The molecule has 7 nitrogen and oxygen atoms in total. The Kier molecular flexibility index (Phi) is 6.29. The van der Waals surface area contributed by atoms with Crippen LogP contribution in [-0.4, -0.2) is 34.9 Å². The number of hydrogen-bond donors (Lipinski definition) is 1. The lowest BCUT2D eigenvalue weighted by Gasteiger charge is -2.20. The molecule has 0 atom stereocenters. The van der Waals surface area contributed by atoms with E-state index in [2.05, 4.69) is 52.9 Å². The maximum absolute atomic E-state index is 11.8. The molecule has 0 aliphatic carbocycles. The fourth-order valence-electron chi connectivity index (χ4n) is 2.59. The zero-order valence-electron chi connectivity index (χ0n) is 17.3. The van der Waals surface area contributed by atoms with E-state index in [0.29, 0.717) is 5.69 Å². The van der Waals surface area contributed by atoms with Crippen molar-refractivity contribution in [3.8, 4) is 5.69 Å². The summed E-state index contributed by atoms with van der Waals surface area (Å²) >= 11 is 0. The highest BCUT2D eigenvalue weighted by atomic mass is 16.5. The molecule has 28 heavy (non-hydrogen) atoms. The second-order valence-electron chi connectivity index (χ2n) is 8.79. The summed E-state index contributed by atoms with van der Waals surface area (Å²) in [6.07, 6.45) is 0. The summed E-state index contributed by atoms with van der Waals surface area (Å²) in [6.45, 7) is 11.9. The van der Waals surface area contributed by atoms with Crippen molar-refractivity contribution in [3.05, 3.63) is 41.7 Å². The van der Waals surface area contributed by atoms with E-state index in [1.165, 1.54) is 0 Å². The summed E-state index contributed by atoms with van der Waals surface area (Å²) < 4.78 is 6.66. The summed E-state index contributed by atoms with van der Waals surface area (Å²) in [4.78, 5) is 22.1. The maximum atomic E-state index is 11.8. The predicted octanol–water partition coefficient (Wildman–Crippen LogP) is 2.17. The number of hydrogen-bond acceptors (Lipinski definition) is 5. The molecule has 2 rings (SSSR count). The van der Waals surface area contributed by atoms with Crippen LogP contribution in [0.1, 0.15) is 52.9 Å². The Balaban J connectivity index is 2.20. The average Bonchev–Trinajstić information content (AvgIpc) is 3.01. The first-order valence-corrected chi connectivity index (χ1v) is 9.17. The zero-order valence-corrected chi connectivity index (χ0v) is 17.3. The van der Waals surface area contributed by atoms with E-state index in [0.717, 1.165) is 17.1 Å². The number of nitrogens with one attached hydrogen (secondary N) is 1. The van der Waals surface area contributed by atoms with Crippen molar-refractivity contribution in [2.75, 3.05) is 18.5 Å². The topological polar surface area (TPSA) is 96.3 Å². The summed E-state index contributed by atoms with van der Waals surface area (Å²) in [7, 11) is 0. The SMILES string of the molecule is CC(C)(C)c1cc(C(C)(C)C)n(-c2ccc(NC(=O)COCC(=O)[O-])cc2)n1. The standard InChI is InChI=1S/C21H29N3O4/c1-20(2,3)16-11-17(21(4,5)6)24(23-16)15-9-7-14(8-10-15)22-18(25)12-28-13-19(26)27/h7-11H,12-13H2,1-6H3,(H,22,25)(H,26,27)/p-1. The van der Waals surface area contributed by atoms with Gasteiger partial charge in [0.15, 0.2) is 0 Å². The van der Waals surface area contributed by atoms with Gasteiger partial charge < -0.3 is 20.0 Å². The van der Waals surface area contributed by atoms with Gasteiger partial charge in [0.05, 0.1) is 24.0 Å². The molecule has 0 spiro atoms. The lowest BCUT2D eigenvalue weighted by Crippen LogP contribution is -2.29. The molecular formula is C21H28N3O4-. The number of benzene rings is 1. The van der Waals surface area contributed by atoms with Crippen LogP contribution in [0, 0.1) is 0 Å². The van der Waals surface area contributed by atoms with Crippen molar-refractivity contribution in [1.82, 2.24) is 9.78 Å². The van der Waals surface area contributed by atoms with Crippen LogP contribution in [0.3, 0.4) is 0 Å². The number of aliphatic carboxylic acids is 1. The fourth-order valence-corrected chi connectivity index (χ4v) is 2.59. The van der Waals surface area contributed by atoms with E-state index in [9.17, 15) is 14.7 Å². The highest BCUT2D eigenvalue weighted by Crippen LogP contribution is 2.30. The highest BCUT2D eigenvalue weighted by molar-refractivity contribution is 5.91. The molecule has 0 aliphatic heterocycles. The fraction of sp³-hybridized carbons (Fsp3) is 0.476. The van der Waals surface area contributed by atoms with Gasteiger partial charge in [-0.05, 0) is 30.3 Å². The molecule has 0 saturated heterocycles. The van der Waals surface area contributed by atoms with Gasteiger partial charge in [-0.25, -0.2) is 4.68 Å². The van der Waals surface area contributed by atoms with Crippen LogP contribution in [0.5, 0.6) is 0 Å². The van der Waals surface area contributed by atoms with Gasteiger partial charge in [-0.2, -0.15) is 5.10 Å². The van der Waals surface area contributed by atoms with Crippen LogP contribution in [-0.2, 0) is 25.2 Å². The number of anilines is 1. The average molecular weight is 386 g/mol. The number of amides is 1. The first kappa shape index (κ1) is 21.6. The van der Waals surface area contributed by atoms with Crippen LogP contribution in [0.4, 0.5) is 5.69 Å². The number of carboxylic acid groups (broad SMARTS) is 1. The number of rotatable bonds is 6. The molecule has 0 radical (unpaired) electrons. The number of carbonyl (C=O) groups is 2. The third kappa shape index (κ3) is 5.66. The van der Waals surface area contributed by atoms with Gasteiger partial charge in [-0.3, -0.25) is 4.79 Å². The highest BCUT2D eigenvalue weighted by Gasteiger charge is 2.26. The molecule has 1 amide bonds. The van der Waals surface area contributed by atoms with E-state index < -0.39 is 18.5 Å². The molecule has 0 aliphatic rings. The minimum Gasteiger partial charge on any atom is -0.548 e. The normalized spacial score (nSPS) is 12.1. The van der Waals surface area contributed by atoms with Gasteiger partial charge in [-0.1, -0.05) is 41.5 Å². The van der Waals surface area contributed by atoms with Crippen molar-refractivity contribution in [3.63, 3.8) is 0 Å². The lowest BCUT2D eigenvalue weighted by atomic mass is 9.88. The van der Waals surface area contributed by atoms with Crippen LogP contribution >= 0.6 is 0 Å². The first-order valence-electron chi connectivity index (χ1n) is 9.17. The van der Waals surface area contributed by atoms with Gasteiger partial charge in [0, 0.05) is 22.2 Å². The van der Waals surface area contributed by atoms with Crippen molar-refractivity contribution >= 4 is 17.6 Å². The van der Waals surface area contributed by atoms with Crippen LogP contribution in [0.15, 0.2) is 30.3 Å². The van der Waals surface area contributed by atoms with Crippen molar-refractivity contribution < 1.29 is 19.4 Å². The first-order chi connectivity index (χ1) is 12.9. The quantitative estimate of drug-likeness (QED) is 0.821. The van der Waals surface area contributed by atoms with Gasteiger partial charge >= 0.3 is 0 Å². The Morgan fingerprint density at radius 1 is 1.04 bits per heavy atom. The molecule has 7 heteroatoms. The molecule has 1 N–H and O–H groups in total. The van der Waals surface area contributed by atoms with E-state index in [-0.39, 0.29) is 17.4 Å². The summed E-state index contributed by atoms with van der Waals surface area (Å²) in [5, 5.41) is 17.8. The Labute approximate surface area is 165 Å². The number of ether oxygens (including phenoxy) is 1. The molecule has 0 unspecified atom stereocenters. The molecule has 152 valence electrons. The smallest absolute Gasteiger partial charge is 0.250 e. The van der Waals surface area contributed by atoms with Crippen LogP contribution < -0.4 is 10.4 Å². The van der Waals surface area contributed by atoms with Crippen molar-refractivity contribution in [1.29, 1.82) is 0 Å². The molecule has 0 fully saturated rings. The van der Waals surface area contributed by atoms with Gasteiger partial charge in [0.25, 0.3) is 0 Å². The van der Waals surface area contributed by atoms with Crippen LogP contribution in [0.25, 0.3) is 5.69 Å². The number of carbonyl (C=O) groups excluding carboxylic acids is 2. The number of carboxylic acids is 1. The van der Waals surface area contributed by atoms with E-state index in [1.807, 2.05) is 16.8 Å². The van der Waals surface area contributed by atoms with Crippen molar-refractivity contribution in [2.45, 2.75) is 52.4 Å².